The van der Waals surface area contributed by atoms with Gasteiger partial charge in [-0.25, -0.2) is 4.79 Å². The molecule has 2 saturated heterocycles. The van der Waals surface area contributed by atoms with Gasteiger partial charge in [0.25, 0.3) is 5.91 Å². The van der Waals surface area contributed by atoms with Crippen molar-refractivity contribution in [1.82, 2.24) is 15.1 Å². The third kappa shape index (κ3) is 3.31. The second-order valence-corrected chi connectivity index (χ2v) is 8.10. The maximum Gasteiger partial charge on any atom is 0.325 e. The van der Waals surface area contributed by atoms with E-state index < -0.39 is 11.6 Å². The maximum absolute atomic E-state index is 12.9. The van der Waals surface area contributed by atoms with Crippen molar-refractivity contribution in [2.75, 3.05) is 26.2 Å². The third-order valence-electron chi connectivity index (χ3n) is 6.24. The molecule has 3 fully saturated rings. The van der Waals surface area contributed by atoms with Crippen LogP contribution in [-0.4, -0.2) is 64.7 Å². The smallest absolute Gasteiger partial charge is 0.325 e. The zero-order chi connectivity index (χ0) is 17.3. The van der Waals surface area contributed by atoms with Crippen molar-refractivity contribution in [3.63, 3.8) is 0 Å². The number of amides is 3. The van der Waals surface area contributed by atoms with Gasteiger partial charge in [0, 0.05) is 6.54 Å². The lowest BCUT2D eigenvalue weighted by molar-refractivity contribution is -0.135. The van der Waals surface area contributed by atoms with Crippen LogP contribution in [0.25, 0.3) is 0 Å². The Bertz CT molecular complexity index is 490. The minimum Gasteiger partial charge on any atom is -0.390 e. The second-order valence-electron chi connectivity index (χ2n) is 8.10. The fraction of sp³-hybridized carbons (Fsp3) is 0.889. The van der Waals surface area contributed by atoms with Gasteiger partial charge in [0.1, 0.15) is 5.54 Å². The summed E-state index contributed by atoms with van der Waals surface area (Å²) in [6, 6.07) is -0.333. The molecule has 3 atom stereocenters. The van der Waals surface area contributed by atoms with E-state index in [-0.39, 0.29) is 24.4 Å². The molecule has 1 spiro atoms. The van der Waals surface area contributed by atoms with E-state index in [1.54, 1.807) is 0 Å². The van der Waals surface area contributed by atoms with Gasteiger partial charge in [-0.3, -0.25) is 9.69 Å². The number of rotatable bonds is 4. The van der Waals surface area contributed by atoms with Crippen LogP contribution in [0.2, 0.25) is 0 Å². The van der Waals surface area contributed by atoms with Crippen molar-refractivity contribution in [3.05, 3.63) is 0 Å². The van der Waals surface area contributed by atoms with Crippen LogP contribution in [0.5, 0.6) is 0 Å². The van der Waals surface area contributed by atoms with E-state index in [0.717, 1.165) is 57.5 Å². The minimum absolute atomic E-state index is 0.102. The highest BCUT2D eigenvalue weighted by molar-refractivity contribution is 6.07. The van der Waals surface area contributed by atoms with E-state index in [2.05, 4.69) is 17.1 Å². The molecule has 3 rings (SSSR count). The molecule has 6 heteroatoms. The molecule has 3 aliphatic rings. The van der Waals surface area contributed by atoms with Crippen molar-refractivity contribution in [2.45, 2.75) is 64.0 Å². The number of aliphatic hydroxyl groups excluding tert-OH is 1. The van der Waals surface area contributed by atoms with E-state index in [1.807, 2.05) is 6.92 Å². The Labute approximate surface area is 144 Å². The molecule has 2 heterocycles. The summed E-state index contributed by atoms with van der Waals surface area (Å²) in [5.41, 5.74) is -0.727. The summed E-state index contributed by atoms with van der Waals surface area (Å²) in [6.07, 6.45) is 5.39. The van der Waals surface area contributed by atoms with E-state index in [9.17, 15) is 14.7 Å². The van der Waals surface area contributed by atoms with E-state index in [0.29, 0.717) is 6.54 Å². The molecule has 0 aromatic heterocycles. The van der Waals surface area contributed by atoms with Crippen molar-refractivity contribution in [1.29, 1.82) is 0 Å². The van der Waals surface area contributed by atoms with Gasteiger partial charge >= 0.3 is 6.03 Å². The summed E-state index contributed by atoms with van der Waals surface area (Å²) in [7, 11) is 0. The molecule has 2 aliphatic heterocycles. The fourth-order valence-electron chi connectivity index (χ4n) is 4.47. The van der Waals surface area contributed by atoms with Gasteiger partial charge < -0.3 is 15.3 Å². The Balaban J connectivity index is 1.58. The minimum atomic E-state index is -0.727. The van der Waals surface area contributed by atoms with Gasteiger partial charge in [0.15, 0.2) is 0 Å². The van der Waals surface area contributed by atoms with Crippen molar-refractivity contribution < 1.29 is 14.7 Å². The lowest BCUT2D eigenvalue weighted by atomic mass is 9.73. The zero-order valence-corrected chi connectivity index (χ0v) is 15.0. The first kappa shape index (κ1) is 17.7. The topological polar surface area (TPSA) is 72.9 Å². The molecule has 1 aliphatic carbocycles. The summed E-state index contributed by atoms with van der Waals surface area (Å²) >= 11 is 0. The number of carbonyl (C=O) groups excluding carboxylic acids is 2. The van der Waals surface area contributed by atoms with Crippen LogP contribution >= 0.6 is 0 Å². The van der Waals surface area contributed by atoms with Crippen LogP contribution in [0.4, 0.5) is 4.79 Å². The second kappa shape index (κ2) is 7.00. The lowest BCUT2D eigenvalue weighted by Gasteiger charge is -2.37. The fourth-order valence-corrected chi connectivity index (χ4v) is 4.47. The largest absolute Gasteiger partial charge is 0.390 e. The number of β-amino-alcohol motifs (C(OH)–C–C–N with tert-alkyl or cyclic N) is 1. The van der Waals surface area contributed by atoms with E-state index in [4.69, 9.17) is 0 Å². The monoisotopic (exact) mass is 337 g/mol. The van der Waals surface area contributed by atoms with Crippen molar-refractivity contribution in [2.24, 2.45) is 11.8 Å². The molecule has 1 saturated carbocycles. The molecule has 2 N–H and O–H groups in total. The zero-order valence-electron chi connectivity index (χ0n) is 15.0. The first-order chi connectivity index (χ1) is 11.4. The molecule has 6 nitrogen and oxygen atoms in total. The number of urea groups is 1. The molecule has 3 amide bonds. The number of nitrogens with zero attached hydrogens (tertiary/aromatic N) is 2. The standard InChI is InChI=1S/C18H31N3O3/c1-13-6-9-20(10-7-13)11-15(22)12-21-16(23)18(19-17(21)24)8-4-3-5-14(18)2/h13-15,22H,3-12H2,1-2H3,(H,19,24)/t14-,15-,18-/m0/s1. The number of hydrogen-bond acceptors (Lipinski definition) is 4. The van der Waals surface area contributed by atoms with Crippen LogP contribution in [0.15, 0.2) is 0 Å². The first-order valence-electron chi connectivity index (χ1n) is 9.47. The van der Waals surface area contributed by atoms with Crippen molar-refractivity contribution >= 4 is 11.9 Å². The summed E-state index contributed by atoms with van der Waals surface area (Å²) in [4.78, 5) is 28.7. The Morgan fingerprint density at radius 1 is 1.17 bits per heavy atom. The number of hydrogen-bond donors (Lipinski definition) is 2. The van der Waals surface area contributed by atoms with Gasteiger partial charge in [0.2, 0.25) is 0 Å². The SMILES string of the molecule is CC1CCN(C[C@H](O)CN2C(=O)N[C@]3(CCCC[C@@H]3C)C2=O)CC1. The van der Waals surface area contributed by atoms with Gasteiger partial charge in [0.05, 0.1) is 12.6 Å². The Kier molecular flexibility index (Phi) is 5.16. The number of piperidine rings is 1. The summed E-state index contributed by atoms with van der Waals surface area (Å²) in [6.45, 7) is 6.91. The van der Waals surface area contributed by atoms with Crippen LogP contribution in [0, 0.1) is 11.8 Å². The van der Waals surface area contributed by atoms with Gasteiger partial charge in [-0.15, -0.1) is 0 Å². The van der Waals surface area contributed by atoms with Gasteiger partial charge in [-0.2, -0.15) is 0 Å². The number of likely N-dealkylation sites (tertiary alicyclic amines) is 1. The predicted octanol–water partition coefficient (Wildman–Crippen LogP) is 1.58. The van der Waals surface area contributed by atoms with Gasteiger partial charge in [-0.05, 0) is 50.6 Å². The average Bonchev–Trinajstić information content (AvgIpc) is 2.78. The van der Waals surface area contributed by atoms with E-state index >= 15 is 0 Å². The molecule has 0 bridgehead atoms. The molecule has 0 radical (unpaired) electrons. The molecule has 0 aromatic rings. The highest BCUT2D eigenvalue weighted by Crippen LogP contribution is 2.38. The van der Waals surface area contributed by atoms with Crippen molar-refractivity contribution in [3.8, 4) is 0 Å². The van der Waals surface area contributed by atoms with Gasteiger partial charge in [-0.1, -0.05) is 26.7 Å². The Hall–Kier alpha value is -1.14. The van der Waals surface area contributed by atoms with Crippen LogP contribution in [-0.2, 0) is 4.79 Å². The van der Waals surface area contributed by atoms with Crippen LogP contribution in [0.1, 0.15) is 52.4 Å². The third-order valence-corrected chi connectivity index (χ3v) is 6.24. The number of carbonyl (C=O) groups is 2. The molecule has 136 valence electrons. The number of nitrogens with one attached hydrogen (secondary N) is 1. The maximum atomic E-state index is 12.9. The summed E-state index contributed by atoms with van der Waals surface area (Å²) in [5, 5.41) is 13.3. The van der Waals surface area contributed by atoms with Crippen LogP contribution in [0.3, 0.4) is 0 Å². The van der Waals surface area contributed by atoms with E-state index in [1.165, 1.54) is 4.90 Å². The molecule has 0 aromatic carbocycles. The molecular weight excluding hydrogens is 306 g/mol. The predicted molar refractivity (Wildman–Crippen MR) is 91.5 cm³/mol. The Morgan fingerprint density at radius 2 is 1.88 bits per heavy atom. The number of aliphatic hydroxyl groups is 1. The normalized spacial score (nSPS) is 34.0. The molecule has 0 unspecified atom stereocenters. The lowest BCUT2D eigenvalue weighted by Crippen LogP contribution is -2.54. The van der Waals surface area contributed by atoms with Crippen LogP contribution < -0.4 is 5.32 Å². The molecule has 24 heavy (non-hydrogen) atoms. The Morgan fingerprint density at radius 3 is 2.54 bits per heavy atom. The highest BCUT2D eigenvalue weighted by atomic mass is 16.3. The average molecular weight is 337 g/mol. The summed E-state index contributed by atoms with van der Waals surface area (Å²) < 4.78 is 0. The highest BCUT2D eigenvalue weighted by Gasteiger charge is 2.55. The quantitative estimate of drug-likeness (QED) is 0.764. The molecular formula is C18H31N3O3. The summed E-state index contributed by atoms with van der Waals surface area (Å²) in [5.74, 6) is 0.774. The first-order valence-corrected chi connectivity index (χ1v) is 9.47. The number of imide groups is 1.